The van der Waals surface area contributed by atoms with Crippen LogP contribution < -0.4 is 5.73 Å². The Morgan fingerprint density at radius 3 is 2.12 bits per heavy atom. The van der Waals surface area contributed by atoms with Crippen LogP contribution in [0, 0.1) is 10.1 Å². The Balaban J connectivity index is 2.18. The first kappa shape index (κ1) is 9.63. The fraction of sp³-hybridized carbons (Fsp3) is 0.500. The van der Waals surface area contributed by atoms with E-state index in [1.807, 2.05) is 6.07 Å². The van der Waals surface area contributed by atoms with Crippen LogP contribution in [0.4, 0.5) is 11.4 Å². The molecule has 16 heavy (non-hydrogen) atoms. The number of nitrogens with zero attached hydrogens (tertiary/aromatic N) is 1. The average molecular weight is 218 g/mol. The van der Waals surface area contributed by atoms with Gasteiger partial charge in [-0.2, -0.15) is 0 Å². The lowest BCUT2D eigenvalue weighted by Gasteiger charge is -2.38. The van der Waals surface area contributed by atoms with Gasteiger partial charge in [-0.05, 0) is 54.7 Å². The predicted octanol–water partition coefficient (Wildman–Crippen LogP) is 2.93. The van der Waals surface area contributed by atoms with Gasteiger partial charge in [-0.25, -0.2) is 0 Å². The zero-order valence-corrected chi connectivity index (χ0v) is 8.98. The van der Waals surface area contributed by atoms with Gasteiger partial charge in [0.2, 0.25) is 0 Å². The number of rotatable bonds is 1. The molecular weight excluding hydrogens is 204 g/mol. The number of nitrogen functional groups attached to an aromatic ring is 1. The smallest absolute Gasteiger partial charge is 0.292 e. The van der Waals surface area contributed by atoms with Crippen LogP contribution in [0.1, 0.15) is 48.6 Å². The van der Waals surface area contributed by atoms with Crippen molar-refractivity contribution in [2.45, 2.75) is 37.5 Å². The SMILES string of the molecule is Nc1cc2c(cc1[N+](=O)[O-])C1CCC2CC1. The molecule has 0 spiro atoms. The van der Waals surface area contributed by atoms with Gasteiger partial charge in [0, 0.05) is 6.07 Å². The monoisotopic (exact) mass is 218 g/mol. The first-order valence-corrected chi connectivity index (χ1v) is 5.74. The topological polar surface area (TPSA) is 69.2 Å². The van der Waals surface area contributed by atoms with E-state index in [9.17, 15) is 10.1 Å². The molecule has 1 saturated carbocycles. The second-order valence-corrected chi connectivity index (χ2v) is 4.85. The second kappa shape index (κ2) is 3.20. The number of nitro groups is 1. The summed E-state index contributed by atoms with van der Waals surface area (Å²) < 4.78 is 0. The molecule has 0 amide bonds. The molecule has 0 unspecified atom stereocenters. The number of nitro benzene ring substituents is 1. The summed E-state index contributed by atoms with van der Waals surface area (Å²) in [7, 11) is 0. The Hall–Kier alpha value is -1.58. The molecule has 1 fully saturated rings. The molecule has 0 heterocycles. The fourth-order valence-electron chi connectivity index (χ4n) is 3.22. The van der Waals surface area contributed by atoms with Gasteiger partial charge in [-0.3, -0.25) is 10.1 Å². The molecule has 1 aromatic rings. The highest BCUT2D eigenvalue weighted by Gasteiger charge is 2.34. The Bertz CT molecular complexity index is 462. The third-order valence-electron chi connectivity index (χ3n) is 4.04. The standard InChI is InChI=1S/C12H14N2O2/c13-11-5-9-7-1-3-8(4-2-7)10(9)6-12(11)14(15)16/h5-8H,1-4,13H2. The van der Waals surface area contributed by atoms with Gasteiger partial charge >= 0.3 is 0 Å². The van der Waals surface area contributed by atoms with Gasteiger partial charge in [0.1, 0.15) is 5.69 Å². The molecule has 0 aromatic heterocycles. The van der Waals surface area contributed by atoms with E-state index in [1.54, 1.807) is 6.07 Å². The summed E-state index contributed by atoms with van der Waals surface area (Å²) in [6, 6.07) is 3.55. The van der Waals surface area contributed by atoms with Crippen LogP contribution >= 0.6 is 0 Å². The number of hydrogen-bond acceptors (Lipinski definition) is 3. The minimum Gasteiger partial charge on any atom is -0.393 e. The molecule has 0 aliphatic heterocycles. The molecule has 3 aliphatic carbocycles. The van der Waals surface area contributed by atoms with Crippen LogP contribution in [0.5, 0.6) is 0 Å². The first-order valence-electron chi connectivity index (χ1n) is 5.74. The maximum Gasteiger partial charge on any atom is 0.292 e. The van der Waals surface area contributed by atoms with Crippen molar-refractivity contribution in [3.8, 4) is 0 Å². The third kappa shape index (κ3) is 1.22. The lowest BCUT2D eigenvalue weighted by atomic mass is 9.67. The van der Waals surface area contributed by atoms with Gasteiger partial charge in [-0.1, -0.05) is 0 Å². The Kier molecular flexibility index (Phi) is 1.93. The van der Waals surface area contributed by atoms with Crippen LogP contribution in [0.15, 0.2) is 12.1 Å². The normalized spacial score (nSPS) is 26.5. The van der Waals surface area contributed by atoms with Crippen LogP contribution in [0.25, 0.3) is 0 Å². The highest BCUT2D eigenvalue weighted by atomic mass is 16.6. The van der Waals surface area contributed by atoms with E-state index in [4.69, 9.17) is 5.73 Å². The highest BCUT2D eigenvalue weighted by Crippen LogP contribution is 2.51. The molecule has 3 aliphatic rings. The molecule has 0 atom stereocenters. The van der Waals surface area contributed by atoms with Crippen molar-refractivity contribution in [1.82, 2.24) is 0 Å². The van der Waals surface area contributed by atoms with E-state index in [-0.39, 0.29) is 10.6 Å². The minimum absolute atomic E-state index is 0.0753. The number of anilines is 1. The summed E-state index contributed by atoms with van der Waals surface area (Å²) in [4.78, 5) is 10.5. The molecule has 84 valence electrons. The van der Waals surface area contributed by atoms with E-state index < -0.39 is 0 Å². The maximum absolute atomic E-state index is 10.8. The molecule has 1 aromatic carbocycles. The molecule has 4 heteroatoms. The van der Waals surface area contributed by atoms with Crippen LogP contribution in [-0.4, -0.2) is 4.92 Å². The molecule has 0 saturated heterocycles. The van der Waals surface area contributed by atoms with E-state index in [0.29, 0.717) is 17.5 Å². The van der Waals surface area contributed by atoms with Gasteiger partial charge in [0.05, 0.1) is 4.92 Å². The predicted molar refractivity (Wildman–Crippen MR) is 61.5 cm³/mol. The van der Waals surface area contributed by atoms with Crippen LogP contribution in [0.2, 0.25) is 0 Å². The first-order chi connectivity index (χ1) is 7.66. The third-order valence-corrected chi connectivity index (χ3v) is 4.04. The summed E-state index contributed by atoms with van der Waals surface area (Å²) in [6.45, 7) is 0. The highest BCUT2D eigenvalue weighted by molar-refractivity contribution is 5.63. The Labute approximate surface area is 93.6 Å². The fourth-order valence-corrected chi connectivity index (χ4v) is 3.22. The summed E-state index contributed by atoms with van der Waals surface area (Å²) in [5, 5.41) is 10.8. The molecule has 4 rings (SSSR count). The van der Waals surface area contributed by atoms with E-state index >= 15 is 0 Å². The van der Waals surface area contributed by atoms with Crippen molar-refractivity contribution in [2.75, 3.05) is 5.73 Å². The van der Waals surface area contributed by atoms with Gasteiger partial charge in [0.15, 0.2) is 0 Å². The summed E-state index contributed by atoms with van der Waals surface area (Å²) in [6.07, 6.45) is 4.79. The van der Waals surface area contributed by atoms with Gasteiger partial charge in [0.25, 0.3) is 5.69 Å². The minimum atomic E-state index is -0.377. The lowest BCUT2D eigenvalue weighted by molar-refractivity contribution is -0.384. The van der Waals surface area contributed by atoms with Gasteiger partial charge < -0.3 is 5.73 Å². The molecular formula is C12H14N2O2. The van der Waals surface area contributed by atoms with Crippen LogP contribution in [-0.2, 0) is 0 Å². The van der Waals surface area contributed by atoms with E-state index in [1.165, 1.54) is 36.8 Å². The lowest BCUT2D eigenvalue weighted by Crippen LogP contribution is -2.22. The van der Waals surface area contributed by atoms with Crippen molar-refractivity contribution in [3.63, 3.8) is 0 Å². The zero-order chi connectivity index (χ0) is 11.3. The zero-order valence-electron chi connectivity index (χ0n) is 8.98. The quantitative estimate of drug-likeness (QED) is 0.447. The summed E-state index contributed by atoms with van der Waals surface area (Å²) in [5.74, 6) is 1.11. The van der Waals surface area contributed by atoms with Crippen molar-refractivity contribution in [3.05, 3.63) is 33.4 Å². The average Bonchev–Trinajstić information content (AvgIpc) is 2.29. The van der Waals surface area contributed by atoms with Gasteiger partial charge in [-0.15, -0.1) is 0 Å². The number of fused-ring (bicyclic) bond motifs is 2. The van der Waals surface area contributed by atoms with Crippen molar-refractivity contribution in [2.24, 2.45) is 0 Å². The number of hydrogen-bond donors (Lipinski definition) is 1. The number of benzene rings is 1. The molecule has 2 N–H and O–H groups in total. The summed E-state index contributed by atoms with van der Waals surface area (Å²) >= 11 is 0. The number of nitrogens with two attached hydrogens (primary N) is 1. The summed E-state index contributed by atoms with van der Waals surface area (Å²) in [5.41, 5.74) is 8.58. The van der Waals surface area contributed by atoms with Crippen molar-refractivity contribution in [1.29, 1.82) is 0 Å². The Morgan fingerprint density at radius 2 is 1.62 bits per heavy atom. The largest absolute Gasteiger partial charge is 0.393 e. The van der Waals surface area contributed by atoms with E-state index in [2.05, 4.69) is 0 Å². The van der Waals surface area contributed by atoms with Crippen LogP contribution in [0.3, 0.4) is 0 Å². The second-order valence-electron chi connectivity index (χ2n) is 4.85. The maximum atomic E-state index is 10.8. The van der Waals surface area contributed by atoms with Crippen molar-refractivity contribution >= 4 is 11.4 Å². The molecule has 4 nitrogen and oxygen atoms in total. The van der Waals surface area contributed by atoms with E-state index in [0.717, 1.165) is 0 Å². The Morgan fingerprint density at radius 1 is 1.12 bits per heavy atom. The van der Waals surface area contributed by atoms with Crippen molar-refractivity contribution < 1.29 is 4.92 Å². The molecule has 2 bridgehead atoms. The molecule has 0 radical (unpaired) electrons.